The van der Waals surface area contributed by atoms with Crippen LogP contribution in [0.25, 0.3) is 0 Å². The molecule has 0 aliphatic carbocycles. The van der Waals surface area contributed by atoms with Gasteiger partial charge < -0.3 is 82.6 Å². The van der Waals surface area contributed by atoms with Gasteiger partial charge in [-0.15, -0.1) is 0 Å². The monoisotopic (exact) mass is 1040 g/mol. The third-order valence-electron chi connectivity index (χ3n) is 10.8. The van der Waals surface area contributed by atoms with E-state index in [-0.39, 0.29) is 19.8 Å². The fourth-order valence-electron chi connectivity index (χ4n) is 7.01. The molecule has 5 atom stereocenters. The van der Waals surface area contributed by atoms with Crippen molar-refractivity contribution in [3.63, 3.8) is 0 Å². The summed E-state index contributed by atoms with van der Waals surface area (Å²) in [5.41, 5.74) is 0. The molecule has 1 aliphatic heterocycles. The van der Waals surface area contributed by atoms with Crippen LogP contribution < -0.4 is 5.32 Å². The van der Waals surface area contributed by atoms with Gasteiger partial charge in [0.15, 0.2) is 6.29 Å². The van der Waals surface area contributed by atoms with E-state index in [1.807, 2.05) is 0 Å². The number of hydrogen-bond donors (Lipinski definition) is 5. The zero-order valence-corrected chi connectivity index (χ0v) is 44.1. The minimum absolute atomic E-state index is 0.0438. The van der Waals surface area contributed by atoms with Crippen molar-refractivity contribution >= 4 is 27.5 Å². The summed E-state index contributed by atoms with van der Waals surface area (Å²) < 4.78 is 66.1. The molecule has 0 radical (unpaired) electrons. The molecule has 69 heavy (non-hydrogen) atoms. The van der Waals surface area contributed by atoms with E-state index in [2.05, 4.69) is 26.9 Å². The number of aliphatic hydroxyl groups is 4. The average molecular weight is 1040 g/mol. The predicted octanol–water partition coefficient (Wildman–Crippen LogP) is 5.12. The molecule has 20 heteroatoms. The first kappa shape index (κ1) is 66.5. The Kier molecular flexibility index (Phi) is 51.9. The highest BCUT2D eigenvalue weighted by Gasteiger charge is 2.45. The summed E-state index contributed by atoms with van der Waals surface area (Å²) >= 11 is 0. The topological polar surface area (TPSA) is 221 Å². The number of carbonyl (C=O) groups excluding carboxylic acids is 1. The lowest BCUT2D eigenvalue weighted by atomic mass is 9.97. The van der Waals surface area contributed by atoms with Crippen LogP contribution in [-0.2, 0) is 61.6 Å². The van der Waals surface area contributed by atoms with Crippen molar-refractivity contribution in [2.45, 2.75) is 147 Å². The van der Waals surface area contributed by atoms with E-state index in [1.165, 1.54) is 115 Å². The third-order valence-corrected chi connectivity index (χ3v) is 13.4. The molecule has 1 heterocycles. The first-order chi connectivity index (χ1) is 34.0. The Bertz CT molecular complexity index is 1050. The van der Waals surface area contributed by atoms with Crippen LogP contribution in [0.4, 0.5) is 0 Å². The van der Waals surface area contributed by atoms with Gasteiger partial charge in [-0.2, -0.15) is 0 Å². The largest absolute Gasteiger partial charge is 0.394 e. The quantitative estimate of drug-likeness (QED) is 0.0394. The van der Waals surface area contributed by atoms with Gasteiger partial charge in [-0.1, -0.05) is 105 Å². The smallest absolute Gasteiger partial charge is 0.217 e. The second-order valence-corrected chi connectivity index (χ2v) is 19.5. The van der Waals surface area contributed by atoms with Crippen molar-refractivity contribution in [2.75, 3.05) is 163 Å². The van der Waals surface area contributed by atoms with E-state index in [1.54, 1.807) is 0 Å². The zero-order chi connectivity index (χ0) is 49.8. The normalized spacial score (nSPS) is 18.4. The minimum atomic E-state index is -1.36. The summed E-state index contributed by atoms with van der Waals surface area (Å²) in [4.78, 5) is 11.5. The van der Waals surface area contributed by atoms with Crippen molar-refractivity contribution in [3.8, 4) is 0 Å². The Morgan fingerprint density at radius 3 is 1.06 bits per heavy atom. The molecule has 1 amide bonds. The van der Waals surface area contributed by atoms with E-state index < -0.39 is 43.2 Å². The van der Waals surface area contributed by atoms with Gasteiger partial charge >= 0.3 is 0 Å². The fraction of sp³-hybridized carbons (Fsp3) is 0.980. The van der Waals surface area contributed by atoms with Crippen LogP contribution in [0.5, 0.6) is 0 Å². The van der Waals surface area contributed by atoms with Crippen molar-refractivity contribution in [1.29, 1.82) is 0 Å². The van der Waals surface area contributed by atoms with Gasteiger partial charge in [0, 0.05) is 31.6 Å². The number of hydrogen-bond acceptors (Lipinski definition) is 19. The van der Waals surface area contributed by atoms with Crippen LogP contribution >= 0.6 is 21.6 Å². The maximum absolute atomic E-state index is 11.5. The summed E-state index contributed by atoms with van der Waals surface area (Å²) in [7, 11) is 4.14. The SMILES string of the molecule is CC(=O)NC1[C@H](OCCOCCOCCOCCOCCOCCOCCCCCCCCCCSSCCCCCCCCCCCOCCOCCOCCOCCO)OC(CO)[C@H](O)[C@@H]1O. The number of unbranched alkanes of at least 4 members (excludes halogenated alkanes) is 15. The van der Waals surface area contributed by atoms with Gasteiger partial charge in [0.1, 0.15) is 24.4 Å². The second-order valence-electron chi connectivity index (χ2n) is 16.8. The van der Waals surface area contributed by atoms with Crippen molar-refractivity contribution < 1.29 is 82.1 Å². The first-order valence-electron chi connectivity index (χ1n) is 26.1. The summed E-state index contributed by atoms with van der Waals surface area (Å²) in [6.07, 6.45) is 17.4. The van der Waals surface area contributed by atoms with Gasteiger partial charge in [0.2, 0.25) is 5.91 Å². The molecule has 412 valence electrons. The number of rotatable bonds is 56. The van der Waals surface area contributed by atoms with Crippen LogP contribution in [0.3, 0.4) is 0 Å². The maximum atomic E-state index is 11.5. The number of carbonyl (C=O) groups is 1. The van der Waals surface area contributed by atoms with E-state index >= 15 is 0 Å². The molecule has 0 spiro atoms. The minimum Gasteiger partial charge on any atom is -0.394 e. The molecular weight excluding hydrogens is 939 g/mol. The van der Waals surface area contributed by atoms with Crippen LogP contribution in [0.2, 0.25) is 0 Å². The lowest BCUT2D eigenvalue weighted by Gasteiger charge is -2.42. The molecular formula is C49H97NO17S2. The van der Waals surface area contributed by atoms with Gasteiger partial charge in [0.25, 0.3) is 0 Å². The van der Waals surface area contributed by atoms with E-state index in [4.69, 9.17) is 61.9 Å². The fourth-order valence-corrected chi connectivity index (χ4v) is 9.30. The van der Waals surface area contributed by atoms with Crippen LogP contribution in [-0.4, -0.2) is 220 Å². The van der Waals surface area contributed by atoms with E-state index in [9.17, 15) is 20.1 Å². The number of ether oxygens (including phenoxy) is 12. The second kappa shape index (κ2) is 53.8. The first-order valence-corrected chi connectivity index (χ1v) is 28.6. The Hall–Kier alpha value is -0.470. The standard InChI is InChI=1S/C49H97NO17S2/c1-44(53)50-46-48(55)47(54)45(43-52)67-49(46)66-40-39-65-38-37-64-36-35-63-34-33-62-32-30-60-27-24-57-21-16-12-8-4-6-10-14-18-42-69-68-41-17-13-9-5-2-3-7-11-15-20-56-23-26-59-29-31-61-28-25-58-22-19-51/h45-49,51-52,54-55H,2-43H2,1H3,(H,50,53)/t45?,46?,47-,48+,49+/m0/s1. The summed E-state index contributed by atoms with van der Waals surface area (Å²) in [6, 6.07) is -0.983. The molecule has 5 N–H and O–H groups in total. The third kappa shape index (κ3) is 44.7. The molecule has 0 bridgehead atoms. The van der Waals surface area contributed by atoms with Gasteiger partial charge in [-0.25, -0.2) is 0 Å². The summed E-state index contributed by atoms with van der Waals surface area (Å²) in [5.74, 6) is 2.16. The Morgan fingerprint density at radius 2 is 0.725 bits per heavy atom. The molecule has 0 saturated carbocycles. The number of nitrogens with one attached hydrogen (secondary N) is 1. The predicted molar refractivity (Wildman–Crippen MR) is 270 cm³/mol. The van der Waals surface area contributed by atoms with Crippen LogP contribution in [0.1, 0.15) is 116 Å². The van der Waals surface area contributed by atoms with Crippen LogP contribution in [0.15, 0.2) is 0 Å². The average Bonchev–Trinajstić information content (AvgIpc) is 3.34. The Balaban J connectivity index is 1.66. The van der Waals surface area contributed by atoms with Gasteiger partial charge in [0.05, 0.1) is 139 Å². The van der Waals surface area contributed by atoms with Gasteiger partial charge in [-0.05, 0) is 25.7 Å². The molecule has 0 aromatic carbocycles. The lowest BCUT2D eigenvalue weighted by Crippen LogP contribution is -2.64. The van der Waals surface area contributed by atoms with Gasteiger partial charge in [-0.3, -0.25) is 4.79 Å². The highest BCUT2D eigenvalue weighted by molar-refractivity contribution is 8.76. The Morgan fingerprint density at radius 1 is 0.420 bits per heavy atom. The number of aliphatic hydroxyl groups excluding tert-OH is 4. The van der Waals surface area contributed by atoms with E-state index in [0.29, 0.717) is 112 Å². The van der Waals surface area contributed by atoms with Crippen molar-refractivity contribution in [1.82, 2.24) is 5.32 Å². The van der Waals surface area contributed by atoms with Crippen LogP contribution in [0, 0.1) is 0 Å². The summed E-state index contributed by atoms with van der Waals surface area (Å²) in [6.45, 7) is 11.3. The summed E-state index contributed by atoms with van der Waals surface area (Å²) in [5, 5.41) is 40.9. The molecule has 1 aliphatic rings. The molecule has 1 fully saturated rings. The molecule has 18 nitrogen and oxygen atoms in total. The lowest BCUT2D eigenvalue weighted by molar-refractivity contribution is -0.272. The Labute approximate surface area is 423 Å². The van der Waals surface area contributed by atoms with E-state index in [0.717, 1.165) is 26.1 Å². The highest BCUT2D eigenvalue weighted by Crippen LogP contribution is 2.25. The van der Waals surface area contributed by atoms with Crippen molar-refractivity contribution in [2.24, 2.45) is 0 Å². The molecule has 1 rings (SSSR count). The molecule has 0 aromatic rings. The maximum Gasteiger partial charge on any atom is 0.217 e. The molecule has 0 aromatic heterocycles. The van der Waals surface area contributed by atoms with Crippen molar-refractivity contribution in [3.05, 3.63) is 0 Å². The number of amides is 1. The zero-order valence-electron chi connectivity index (χ0n) is 42.5. The molecule has 2 unspecified atom stereocenters. The molecule has 1 saturated heterocycles. The highest BCUT2D eigenvalue weighted by atomic mass is 33.1.